The van der Waals surface area contributed by atoms with Gasteiger partial charge < -0.3 is 19.5 Å². The summed E-state index contributed by atoms with van der Waals surface area (Å²) in [6.07, 6.45) is 1.62. The Bertz CT molecular complexity index is 773. The fourth-order valence-corrected chi connectivity index (χ4v) is 2.50. The highest BCUT2D eigenvalue weighted by atomic mass is 16.5. The van der Waals surface area contributed by atoms with Crippen LogP contribution >= 0.6 is 0 Å². The van der Waals surface area contributed by atoms with E-state index < -0.39 is 6.10 Å². The first kappa shape index (κ1) is 21.3. The number of carbonyl (C=O) groups is 2. The molecule has 6 nitrogen and oxygen atoms in total. The number of amides is 1. The van der Waals surface area contributed by atoms with Crippen molar-refractivity contribution in [2.24, 2.45) is 0 Å². The number of carbonyl (C=O) groups excluding carboxylic acids is 2. The summed E-state index contributed by atoms with van der Waals surface area (Å²) >= 11 is 0. The molecule has 0 aliphatic carbocycles. The fraction of sp³-hybridized carbons (Fsp3) is 0.364. The fourth-order valence-electron chi connectivity index (χ4n) is 2.50. The zero-order valence-electron chi connectivity index (χ0n) is 16.6. The molecular formula is C22H27NO5. The molecule has 1 atom stereocenters. The van der Waals surface area contributed by atoms with Crippen molar-refractivity contribution in [1.29, 1.82) is 0 Å². The summed E-state index contributed by atoms with van der Waals surface area (Å²) in [6, 6.07) is 13.8. The molecule has 1 amide bonds. The number of hydrogen-bond donors (Lipinski definition) is 1. The van der Waals surface area contributed by atoms with E-state index in [1.54, 1.807) is 43.5 Å². The van der Waals surface area contributed by atoms with Crippen molar-refractivity contribution in [2.45, 2.75) is 39.2 Å². The maximum Gasteiger partial charge on any atom is 0.338 e. The van der Waals surface area contributed by atoms with E-state index in [9.17, 15) is 9.59 Å². The van der Waals surface area contributed by atoms with E-state index in [1.165, 1.54) is 0 Å². The van der Waals surface area contributed by atoms with Gasteiger partial charge in [-0.25, -0.2) is 4.79 Å². The zero-order valence-corrected chi connectivity index (χ0v) is 16.6. The van der Waals surface area contributed by atoms with Crippen molar-refractivity contribution in [2.75, 3.05) is 19.0 Å². The maximum atomic E-state index is 12.6. The monoisotopic (exact) mass is 385 g/mol. The lowest BCUT2D eigenvalue weighted by molar-refractivity contribution is -0.122. The van der Waals surface area contributed by atoms with Crippen molar-refractivity contribution in [3.8, 4) is 11.5 Å². The van der Waals surface area contributed by atoms with E-state index in [2.05, 4.69) is 5.32 Å². The largest absolute Gasteiger partial charge is 0.493 e. The topological polar surface area (TPSA) is 73.9 Å². The molecule has 0 spiro atoms. The predicted octanol–water partition coefficient (Wildman–Crippen LogP) is 4.45. The number of ether oxygens (including phenoxy) is 3. The Balaban J connectivity index is 1.97. The van der Waals surface area contributed by atoms with Gasteiger partial charge >= 0.3 is 5.97 Å². The second kappa shape index (κ2) is 11.0. The molecule has 1 N–H and O–H groups in total. The highest BCUT2D eigenvalue weighted by Gasteiger charge is 2.20. The number of rotatable bonds is 10. The number of para-hydroxylation sites is 2. The van der Waals surface area contributed by atoms with E-state index in [4.69, 9.17) is 14.2 Å². The van der Waals surface area contributed by atoms with Crippen LogP contribution in [-0.4, -0.2) is 31.7 Å². The average Bonchev–Trinajstić information content (AvgIpc) is 2.72. The van der Waals surface area contributed by atoms with E-state index in [0.717, 1.165) is 12.8 Å². The van der Waals surface area contributed by atoms with Crippen LogP contribution in [0, 0.1) is 0 Å². The minimum atomic E-state index is -0.671. The Morgan fingerprint density at radius 2 is 1.68 bits per heavy atom. The number of hydrogen-bond acceptors (Lipinski definition) is 5. The number of nitrogens with one attached hydrogen (secondary N) is 1. The van der Waals surface area contributed by atoms with Gasteiger partial charge in [0.2, 0.25) is 0 Å². The summed E-state index contributed by atoms with van der Waals surface area (Å²) in [5.41, 5.74) is 1.03. The van der Waals surface area contributed by atoms with E-state index in [1.807, 2.05) is 26.0 Å². The Labute approximate surface area is 165 Å². The molecule has 150 valence electrons. The van der Waals surface area contributed by atoms with E-state index in [0.29, 0.717) is 35.8 Å². The average molecular weight is 385 g/mol. The second-order valence-corrected chi connectivity index (χ2v) is 6.22. The summed E-state index contributed by atoms with van der Waals surface area (Å²) in [5, 5.41) is 2.81. The van der Waals surface area contributed by atoms with Gasteiger partial charge in [0.25, 0.3) is 5.91 Å². The van der Waals surface area contributed by atoms with Crippen LogP contribution < -0.4 is 14.8 Å². The zero-order chi connectivity index (χ0) is 20.4. The van der Waals surface area contributed by atoms with Gasteiger partial charge in [0.05, 0.1) is 19.3 Å². The summed E-state index contributed by atoms with van der Waals surface area (Å²) in [6.45, 7) is 4.31. The lowest BCUT2D eigenvalue weighted by Gasteiger charge is -2.19. The molecule has 0 aliphatic rings. The predicted molar refractivity (Wildman–Crippen MR) is 108 cm³/mol. The van der Waals surface area contributed by atoms with Gasteiger partial charge in [0, 0.05) is 5.69 Å². The lowest BCUT2D eigenvalue weighted by Crippen LogP contribution is -2.32. The third-order valence-electron chi connectivity index (χ3n) is 4.12. The maximum absolute atomic E-state index is 12.6. The van der Waals surface area contributed by atoms with Gasteiger partial charge in [-0.2, -0.15) is 0 Å². The Kier molecular flexibility index (Phi) is 8.34. The normalized spacial score (nSPS) is 11.4. The molecule has 0 unspecified atom stereocenters. The van der Waals surface area contributed by atoms with Gasteiger partial charge in [-0.1, -0.05) is 32.4 Å². The molecule has 2 aromatic rings. The van der Waals surface area contributed by atoms with Crippen LogP contribution in [0.3, 0.4) is 0 Å². The van der Waals surface area contributed by atoms with Crippen LogP contribution in [0.1, 0.15) is 43.5 Å². The van der Waals surface area contributed by atoms with Crippen LogP contribution in [0.2, 0.25) is 0 Å². The van der Waals surface area contributed by atoms with Crippen molar-refractivity contribution >= 4 is 17.6 Å². The van der Waals surface area contributed by atoms with Crippen LogP contribution in [0.25, 0.3) is 0 Å². The number of esters is 1. The minimum Gasteiger partial charge on any atom is -0.493 e. The number of unbranched alkanes of at least 4 members (excludes halogenated alkanes) is 1. The third kappa shape index (κ3) is 6.01. The molecule has 0 saturated carbocycles. The van der Waals surface area contributed by atoms with E-state index in [-0.39, 0.29) is 11.9 Å². The van der Waals surface area contributed by atoms with Crippen molar-refractivity contribution in [3.05, 3.63) is 54.1 Å². The van der Waals surface area contributed by atoms with Crippen molar-refractivity contribution in [3.63, 3.8) is 0 Å². The van der Waals surface area contributed by atoms with Crippen LogP contribution in [-0.2, 0) is 9.53 Å². The molecular weight excluding hydrogens is 358 g/mol. The third-order valence-corrected chi connectivity index (χ3v) is 4.12. The van der Waals surface area contributed by atoms with Crippen LogP contribution in [0.15, 0.2) is 48.5 Å². The lowest BCUT2D eigenvalue weighted by atomic mass is 10.2. The molecule has 6 heteroatoms. The molecule has 2 rings (SSSR count). The first-order valence-electron chi connectivity index (χ1n) is 9.46. The molecule has 0 aromatic heterocycles. The first-order chi connectivity index (χ1) is 13.6. The second-order valence-electron chi connectivity index (χ2n) is 6.22. The standard InChI is InChI=1S/C22H27NO5/c1-4-6-15-27-22(25)16-11-13-17(14-12-16)23-21(24)18(5-2)28-20-10-8-7-9-19(20)26-3/h7-14,18H,4-6,15H2,1-3H3,(H,23,24)/t18-/m1/s1. The van der Waals surface area contributed by atoms with E-state index >= 15 is 0 Å². The van der Waals surface area contributed by atoms with Gasteiger partial charge in [-0.3, -0.25) is 4.79 Å². The number of benzene rings is 2. The van der Waals surface area contributed by atoms with Gasteiger partial charge in [0.15, 0.2) is 17.6 Å². The molecule has 0 fully saturated rings. The van der Waals surface area contributed by atoms with Crippen LogP contribution in [0.4, 0.5) is 5.69 Å². The van der Waals surface area contributed by atoms with Crippen molar-refractivity contribution in [1.82, 2.24) is 0 Å². The molecule has 2 aromatic carbocycles. The Morgan fingerprint density at radius 1 is 1.00 bits per heavy atom. The van der Waals surface area contributed by atoms with Gasteiger partial charge in [0.1, 0.15) is 0 Å². The Morgan fingerprint density at radius 3 is 2.29 bits per heavy atom. The summed E-state index contributed by atoms with van der Waals surface area (Å²) in [4.78, 5) is 24.5. The molecule has 0 saturated heterocycles. The molecule has 0 heterocycles. The number of anilines is 1. The van der Waals surface area contributed by atoms with Crippen molar-refractivity contribution < 1.29 is 23.8 Å². The molecule has 0 bridgehead atoms. The quantitative estimate of drug-likeness (QED) is 0.483. The summed E-state index contributed by atoms with van der Waals surface area (Å²) in [7, 11) is 1.55. The summed E-state index contributed by atoms with van der Waals surface area (Å²) in [5.74, 6) is 0.445. The molecule has 0 aliphatic heterocycles. The highest BCUT2D eigenvalue weighted by molar-refractivity contribution is 5.95. The Hall–Kier alpha value is -3.02. The minimum absolute atomic E-state index is 0.272. The molecule has 0 radical (unpaired) electrons. The molecule has 28 heavy (non-hydrogen) atoms. The smallest absolute Gasteiger partial charge is 0.338 e. The van der Waals surface area contributed by atoms with Gasteiger partial charge in [-0.15, -0.1) is 0 Å². The SMILES string of the molecule is CCCCOC(=O)c1ccc(NC(=O)[C@@H](CC)Oc2ccccc2OC)cc1. The van der Waals surface area contributed by atoms with Gasteiger partial charge in [-0.05, 0) is 49.2 Å². The highest BCUT2D eigenvalue weighted by Crippen LogP contribution is 2.27. The van der Waals surface area contributed by atoms with Crippen LogP contribution in [0.5, 0.6) is 11.5 Å². The summed E-state index contributed by atoms with van der Waals surface area (Å²) < 4.78 is 16.3. The number of methoxy groups -OCH3 is 1. The first-order valence-corrected chi connectivity index (χ1v) is 9.46.